The van der Waals surface area contributed by atoms with Gasteiger partial charge in [-0.3, -0.25) is 4.79 Å². The Balaban J connectivity index is 1.16. The average Bonchev–Trinajstić information content (AvgIpc) is 3.39. The molecule has 12 heteroatoms. The summed E-state index contributed by atoms with van der Waals surface area (Å²) in [5.41, 5.74) is 4.63. The predicted octanol–water partition coefficient (Wildman–Crippen LogP) is 9.55. The van der Waals surface area contributed by atoms with Crippen LogP contribution in [0.3, 0.4) is 0 Å². The highest BCUT2D eigenvalue weighted by molar-refractivity contribution is 5.75. The predicted molar refractivity (Wildman–Crippen MR) is 266 cm³/mol. The number of aliphatic hydroxyl groups excluding tert-OH is 1. The first-order chi connectivity index (χ1) is 34.7. The molecule has 0 saturated carbocycles. The van der Waals surface area contributed by atoms with Crippen LogP contribution in [0.15, 0.2) is 182 Å². The van der Waals surface area contributed by atoms with Crippen molar-refractivity contribution in [1.29, 1.82) is 0 Å². The van der Waals surface area contributed by atoms with E-state index in [2.05, 4.69) is 0 Å². The highest BCUT2D eigenvalue weighted by atomic mass is 16.8. The lowest BCUT2D eigenvalue weighted by molar-refractivity contribution is -0.375. The molecule has 10 unspecified atom stereocenters. The van der Waals surface area contributed by atoms with Gasteiger partial charge in [0.05, 0.1) is 58.3 Å². The minimum atomic E-state index is -1.59. The van der Waals surface area contributed by atoms with Crippen LogP contribution in [0.1, 0.15) is 54.2 Å². The Labute approximate surface area is 417 Å². The van der Waals surface area contributed by atoms with Crippen molar-refractivity contribution in [2.75, 3.05) is 13.2 Å². The molecule has 0 aromatic heterocycles. The van der Waals surface area contributed by atoms with Crippen molar-refractivity contribution in [1.82, 2.24) is 0 Å². The summed E-state index contributed by atoms with van der Waals surface area (Å²) in [7, 11) is 0. The number of rotatable bonds is 23. The van der Waals surface area contributed by atoms with E-state index in [1.165, 1.54) is 0 Å². The van der Waals surface area contributed by atoms with Crippen LogP contribution in [0.4, 0.5) is 0 Å². The van der Waals surface area contributed by atoms with Gasteiger partial charge in [-0.15, -0.1) is 0 Å². The first-order valence-corrected chi connectivity index (χ1v) is 24.4. The number of hydrogen-bond acceptors (Lipinski definition) is 12. The summed E-state index contributed by atoms with van der Waals surface area (Å²) < 4.78 is 67.1. The van der Waals surface area contributed by atoms with Gasteiger partial charge in [-0.2, -0.15) is 0 Å². The molecule has 6 aromatic rings. The Morgan fingerprint density at radius 3 is 1.08 bits per heavy atom. The molecule has 6 aromatic carbocycles. The molecular formula is C59H66O12. The SMILES string of the molecule is CC(C)(C)C(=O)OC1C(OC2C(O)OC(COCc3ccccc3)C(OCc3ccccc3)C2OCc2ccccc2)OC(COCc2ccccc2)C(OCc2ccccc2)C1OCc1ccccc1. The van der Waals surface area contributed by atoms with Gasteiger partial charge in [-0.25, -0.2) is 0 Å². The third-order valence-corrected chi connectivity index (χ3v) is 12.3. The van der Waals surface area contributed by atoms with Crippen LogP contribution in [-0.2, 0) is 91.8 Å². The molecule has 0 spiro atoms. The second-order valence-corrected chi connectivity index (χ2v) is 18.9. The average molecular weight is 967 g/mol. The van der Waals surface area contributed by atoms with Gasteiger partial charge in [0.25, 0.3) is 0 Å². The minimum absolute atomic E-state index is 0.0423. The van der Waals surface area contributed by atoms with E-state index >= 15 is 0 Å². The van der Waals surface area contributed by atoms with E-state index in [1.54, 1.807) is 20.8 Å². The summed E-state index contributed by atoms with van der Waals surface area (Å²) >= 11 is 0. The van der Waals surface area contributed by atoms with E-state index < -0.39 is 72.8 Å². The van der Waals surface area contributed by atoms with Crippen LogP contribution < -0.4 is 0 Å². The monoisotopic (exact) mass is 966 g/mol. The summed E-state index contributed by atoms with van der Waals surface area (Å²) in [5.74, 6) is -0.523. The van der Waals surface area contributed by atoms with Gasteiger partial charge in [-0.05, 0) is 54.2 Å². The number of hydrogen-bond donors (Lipinski definition) is 1. The summed E-state index contributed by atoms with van der Waals surface area (Å²) in [4.78, 5) is 14.2. The molecule has 1 N–H and O–H groups in total. The number of carbonyl (C=O) groups excluding carboxylic acids is 1. The standard InChI is InChI=1S/C59H66O12/c1-59(2,3)58(61)71-55-53(67-39-47-32-20-9-21-33-47)51(65-37-45-28-16-7-17-29-45)49(41-63-35-43-24-12-5-13-25-43)69-57(55)70-54-52(66-38-46-30-18-8-19-31-46)50(64-36-44-26-14-6-15-27-44)48(68-56(54)60)40-62-34-42-22-10-4-11-23-42/h4-33,48-57,60H,34-41H2,1-3H3. The molecule has 12 nitrogen and oxygen atoms in total. The van der Waals surface area contributed by atoms with E-state index in [1.807, 2.05) is 182 Å². The Morgan fingerprint density at radius 2 is 0.732 bits per heavy atom. The third-order valence-electron chi connectivity index (χ3n) is 12.3. The van der Waals surface area contributed by atoms with Crippen LogP contribution >= 0.6 is 0 Å². The molecule has 0 aliphatic carbocycles. The normalized spacial score (nSPS) is 24.6. The molecule has 0 radical (unpaired) electrons. The van der Waals surface area contributed by atoms with Crippen molar-refractivity contribution in [3.63, 3.8) is 0 Å². The topological polar surface area (TPSA) is 130 Å². The molecular weight excluding hydrogens is 901 g/mol. The molecule has 8 rings (SSSR count). The van der Waals surface area contributed by atoms with Crippen LogP contribution in [-0.4, -0.2) is 85.7 Å². The first-order valence-electron chi connectivity index (χ1n) is 24.4. The fourth-order valence-electron chi connectivity index (χ4n) is 8.46. The number of aliphatic hydroxyl groups is 1. The van der Waals surface area contributed by atoms with Crippen LogP contribution in [0.2, 0.25) is 0 Å². The lowest BCUT2D eigenvalue weighted by Gasteiger charge is -2.49. The molecule has 2 aliphatic rings. The van der Waals surface area contributed by atoms with Crippen LogP contribution in [0.25, 0.3) is 0 Å². The van der Waals surface area contributed by atoms with Gasteiger partial charge < -0.3 is 52.5 Å². The number of benzene rings is 6. The molecule has 10 atom stereocenters. The zero-order valence-electron chi connectivity index (χ0n) is 40.7. The molecule has 2 fully saturated rings. The highest BCUT2D eigenvalue weighted by Crippen LogP contribution is 2.37. The number of carbonyl (C=O) groups is 1. The van der Waals surface area contributed by atoms with E-state index in [4.69, 9.17) is 47.4 Å². The Morgan fingerprint density at radius 1 is 0.423 bits per heavy atom. The number of ether oxygens (including phenoxy) is 10. The molecule has 2 aliphatic heterocycles. The smallest absolute Gasteiger partial charge is 0.311 e. The summed E-state index contributed by atoms with van der Waals surface area (Å²) in [6, 6.07) is 58.7. The third kappa shape index (κ3) is 15.2. The van der Waals surface area contributed by atoms with Crippen molar-refractivity contribution < 1.29 is 57.3 Å². The van der Waals surface area contributed by atoms with Crippen molar-refractivity contribution in [2.45, 2.75) is 122 Å². The fraction of sp³-hybridized carbons (Fsp3) is 0.373. The van der Waals surface area contributed by atoms with E-state index in [-0.39, 0.29) is 46.2 Å². The van der Waals surface area contributed by atoms with Gasteiger partial charge in [0.1, 0.15) is 42.7 Å². The fourth-order valence-corrected chi connectivity index (χ4v) is 8.46. The summed E-state index contributed by atoms with van der Waals surface area (Å²) in [6.45, 7) is 6.70. The molecule has 2 heterocycles. The van der Waals surface area contributed by atoms with Crippen LogP contribution in [0.5, 0.6) is 0 Å². The second-order valence-electron chi connectivity index (χ2n) is 18.9. The second kappa shape index (κ2) is 26.2. The molecule has 374 valence electrons. The van der Waals surface area contributed by atoms with Gasteiger partial charge in [0, 0.05) is 0 Å². The van der Waals surface area contributed by atoms with Crippen molar-refractivity contribution >= 4 is 5.97 Å². The Hall–Kier alpha value is -5.61. The quantitative estimate of drug-likeness (QED) is 0.0614. The highest BCUT2D eigenvalue weighted by Gasteiger charge is 2.55. The van der Waals surface area contributed by atoms with Gasteiger partial charge in [0.2, 0.25) is 0 Å². The zero-order chi connectivity index (χ0) is 49.3. The van der Waals surface area contributed by atoms with E-state index in [0.29, 0.717) is 6.61 Å². The van der Waals surface area contributed by atoms with Crippen molar-refractivity contribution in [3.8, 4) is 0 Å². The Bertz CT molecular complexity index is 2420. The van der Waals surface area contributed by atoms with Crippen molar-refractivity contribution in [2.24, 2.45) is 5.41 Å². The molecule has 2 saturated heterocycles. The van der Waals surface area contributed by atoms with Crippen LogP contribution in [0, 0.1) is 5.41 Å². The van der Waals surface area contributed by atoms with Gasteiger partial charge >= 0.3 is 5.97 Å². The lowest BCUT2D eigenvalue weighted by atomic mass is 9.94. The maximum Gasteiger partial charge on any atom is 0.311 e. The summed E-state index contributed by atoms with van der Waals surface area (Å²) in [5, 5.41) is 12.3. The first kappa shape index (κ1) is 51.7. The van der Waals surface area contributed by atoms with Gasteiger partial charge in [0.15, 0.2) is 18.7 Å². The summed E-state index contributed by atoms with van der Waals surface area (Å²) in [6.07, 6.45) is -10.8. The maximum atomic E-state index is 14.2. The largest absolute Gasteiger partial charge is 0.454 e. The van der Waals surface area contributed by atoms with Gasteiger partial charge in [-0.1, -0.05) is 182 Å². The Kier molecular flexibility index (Phi) is 19.1. The van der Waals surface area contributed by atoms with Crippen molar-refractivity contribution in [3.05, 3.63) is 215 Å². The molecule has 0 amide bonds. The lowest BCUT2D eigenvalue weighted by Crippen LogP contribution is -2.66. The maximum absolute atomic E-state index is 14.2. The zero-order valence-corrected chi connectivity index (χ0v) is 40.7. The molecule has 0 bridgehead atoms. The minimum Gasteiger partial charge on any atom is -0.454 e. The van der Waals surface area contributed by atoms with E-state index in [0.717, 1.165) is 33.4 Å². The molecule has 71 heavy (non-hydrogen) atoms. The van der Waals surface area contributed by atoms with E-state index in [9.17, 15) is 9.90 Å². The number of esters is 1.